The van der Waals surface area contributed by atoms with Crippen molar-refractivity contribution in [3.63, 3.8) is 0 Å². The van der Waals surface area contributed by atoms with Gasteiger partial charge in [-0.3, -0.25) is 0 Å². The van der Waals surface area contributed by atoms with Gasteiger partial charge in [-0.25, -0.2) is 0 Å². The molecule has 0 heterocycles. The number of nitrogens with one attached hydrogen (secondary N) is 1. The van der Waals surface area contributed by atoms with Gasteiger partial charge in [0.1, 0.15) is 0 Å². The van der Waals surface area contributed by atoms with Crippen molar-refractivity contribution in [1.29, 1.82) is 5.26 Å². The summed E-state index contributed by atoms with van der Waals surface area (Å²) >= 11 is 0. The molecule has 1 aromatic rings. The first-order valence-corrected chi connectivity index (χ1v) is 7.07. The summed E-state index contributed by atoms with van der Waals surface area (Å²) in [6.07, 6.45) is 7.33. The molecule has 1 atom stereocenters. The summed E-state index contributed by atoms with van der Waals surface area (Å²) in [4.78, 5) is 0. The highest BCUT2D eigenvalue weighted by Gasteiger charge is 2.24. The smallest absolute Gasteiger partial charge is 0.0635 e. The van der Waals surface area contributed by atoms with Gasteiger partial charge in [0, 0.05) is 19.0 Å². The van der Waals surface area contributed by atoms with E-state index in [0.29, 0.717) is 12.5 Å². The van der Waals surface area contributed by atoms with Crippen molar-refractivity contribution in [2.45, 2.75) is 44.6 Å². The number of rotatable bonds is 5. The molecular weight excluding hydrogens is 220 g/mol. The van der Waals surface area contributed by atoms with Crippen molar-refractivity contribution in [3.8, 4) is 6.07 Å². The fraction of sp³-hybridized carbons (Fsp3) is 0.562. The zero-order valence-corrected chi connectivity index (χ0v) is 10.9. The van der Waals surface area contributed by atoms with Crippen molar-refractivity contribution < 1.29 is 0 Å². The molecule has 96 valence electrons. The highest BCUT2D eigenvalue weighted by Crippen LogP contribution is 2.34. The maximum atomic E-state index is 8.67. The zero-order valence-electron chi connectivity index (χ0n) is 10.9. The van der Waals surface area contributed by atoms with Gasteiger partial charge >= 0.3 is 0 Å². The average Bonchev–Trinajstić information content (AvgIpc) is 2.46. The summed E-state index contributed by atoms with van der Waals surface area (Å²) in [6, 6.07) is 13.3. The molecule has 0 aliphatic heterocycles. The van der Waals surface area contributed by atoms with Gasteiger partial charge in [0.15, 0.2) is 0 Å². The summed E-state index contributed by atoms with van der Waals surface area (Å²) in [6.45, 7) is 0.798. The first kappa shape index (κ1) is 13.1. The van der Waals surface area contributed by atoms with Crippen LogP contribution in [-0.4, -0.2) is 6.54 Å². The molecule has 0 spiro atoms. The molecule has 0 amide bonds. The molecule has 2 rings (SSSR count). The molecule has 0 saturated heterocycles. The van der Waals surface area contributed by atoms with Gasteiger partial charge in [0.2, 0.25) is 0 Å². The van der Waals surface area contributed by atoms with E-state index in [1.165, 1.54) is 37.7 Å². The third-order valence-corrected chi connectivity index (χ3v) is 3.88. The van der Waals surface area contributed by atoms with Crippen LogP contribution in [0.3, 0.4) is 0 Å². The average molecular weight is 242 g/mol. The Morgan fingerprint density at radius 1 is 1.17 bits per heavy atom. The molecule has 1 N–H and O–H groups in total. The summed E-state index contributed by atoms with van der Waals surface area (Å²) in [5.74, 6) is 0.736. The summed E-state index contributed by atoms with van der Waals surface area (Å²) in [5.41, 5.74) is 1.38. The normalized spacial score (nSPS) is 18.2. The fourth-order valence-corrected chi connectivity index (χ4v) is 2.97. The Morgan fingerprint density at radius 3 is 2.56 bits per heavy atom. The van der Waals surface area contributed by atoms with E-state index in [-0.39, 0.29) is 0 Å². The monoisotopic (exact) mass is 242 g/mol. The largest absolute Gasteiger partial charge is 0.309 e. The Kier molecular flexibility index (Phi) is 5.23. The molecule has 2 nitrogen and oxygen atoms in total. The lowest BCUT2D eigenvalue weighted by Gasteiger charge is -2.31. The van der Waals surface area contributed by atoms with Gasteiger partial charge in [-0.05, 0) is 24.3 Å². The van der Waals surface area contributed by atoms with Crippen LogP contribution in [0.25, 0.3) is 0 Å². The Bertz CT molecular complexity index is 374. The highest BCUT2D eigenvalue weighted by atomic mass is 14.9. The van der Waals surface area contributed by atoms with Crippen LogP contribution in [0, 0.1) is 17.2 Å². The number of nitrogens with zero attached hydrogens (tertiary/aromatic N) is 1. The molecule has 1 aliphatic carbocycles. The van der Waals surface area contributed by atoms with Crippen molar-refractivity contribution >= 4 is 0 Å². The number of hydrogen-bond donors (Lipinski definition) is 1. The summed E-state index contributed by atoms with van der Waals surface area (Å²) in [7, 11) is 0. The molecule has 1 saturated carbocycles. The Labute approximate surface area is 110 Å². The summed E-state index contributed by atoms with van der Waals surface area (Å²) < 4.78 is 0. The molecule has 1 unspecified atom stereocenters. The summed E-state index contributed by atoms with van der Waals surface area (Å²) in [5, 5.41) is 12.3. The van der Waals surface area contributed by atoms with E-state index in [1.807, 2.05) is 0 Å². The molecule has 0 aromatic heterocycles. The van der Waals surface area contributed by atoms with E-state index in [0.717, 1.165) is 12.5 Å². The minimum atomic E-state index is 0.430. The minimum Gasteiger partial charge on any atom is -0.309 e. The van der Waals surface area contributed by atoms with E-state index in [4.69, 9.17) is 5.26 Å². The Balaban J connectivity index is 2.04. The van der Waals surface area contributed by atoms with E-state index >= 15 is 0 Å². The first-order valence-electron chi connectivity index (χ1n) is 7.07. The van der Waals surface area contributed by atoms with E-state index in [1.54, 1.807) is 0 Å². The Morgan fingerprint density at radius 2 is 1.89 bits per heavy atom. The van der Waals surface area contributed by atoms with Gasteiger partial charge in [-0.15, -0.1) is 0 Å². The Hall–Kier alpha value is -1.33. The maximum absolute atomic E-state index is 8.67. The van der Waals surface area contributed by atoms with Gasteiger partial charge in [-0.2, -0.15) is 5.26 Å². The molecular formula is C16H22N2. The van der Waals surface area contributed by atoms with Crippen LogP contribution < -0.4 is 5.32 Å². The third-order valence-electron chi connectivity index (χ3n) is 3.88. The number of benzene rings is 1. The lowest BCUT2D eigenvalue weighted by molar-refractivity contribution is 0.273. The van der Waals surface area contributed by atoms with Crippen molar-refractivity contribution in [2.75, 3.05) is 6.54 Å². The number of nitriles is 1. The van der Waals surface area contributed by atoms with Gasteiger partial charge in [0.05, 0.1) is 6.07 Å². The molecule has 1 fully saturated rings. The fourth-order valence-electron chi connectivity index (χ4n) is 2.97. The first-order chi connectivity index (χ1) is 8.92. The molecule has 0 radical (unpaired) electrons. The molecule has 18 heavy (non-hydrogen) atoms. The minimum absolute atomic E-state index is 0.430. The SMILES string of the molecule is N#CCCNC(c1ccccc1)C1CCCCC1. The second kappa shape index (κ2) is 7.18. The van der Waals surface area contributed by atoms with E-state index in [2.05, 4.69) is 41.7 Å². The van der Waals surface area contributed by atoms with Crippen molar-refractivity contribution in [2.24, 2.45) is 5.92 Å². The van der Waals surface area contributed by atoms with Crippen LogP contribution in [0.15, 0.2) is 30.3 Å². The molecule has 1 aliphatic rings. The molecule has 0 bridgehead atoms. The van der Waals surface area contributed by atoms with Crippen LogP contribution >= 0.6 is 0 Å². The maximum Gasteiger partial charge on any atom is 0.0635 e. The lowest BCUT2D eigenvalue weighted by Crippen LogP contribution is -2.30. The van der Waals surface area contributed by atoms with Crippen LogP contribution in [0.4, 0.5) is 0 Å². The van der Waals surface area contributed by atoms with Crippen LogP contribution in [-0.2, 0) is 0 Å². The second-order valence-corrected chi connectivity index (χ2v) is 5.15. The van der Waals surface area contributed by atoms with Crippen LogP contribution in [0.5, 0.6) is 0 Å². The highest BCUT2D eigenvalue weighted by molar-refractivity contribution is 5.20. The van der Waals surface area contributed by atoms with E-state index < -0.39 is 0 Å². The van der Waals surface area contributed by atoms with Gasteiger partial charge in [-0.1, -0.05) is 49.6 Å². The number of hydrogen-bond acceptors (Lipinski definition) is 2. The molecule has 1 aromatic carbocycles. The predicted molar refractivity (Wildman–Crippen MR) is 74.0 cm³/mol. The zero-order chi connectivity index (χ0) is 12.6. The second-order valence-electron chi connectivity index (χ2n) is 5.15. The van der Waals surface area contributed by atoms with Crippen LogP contribution in [0.1, 0.15) is 50.1 Å². The van der Waals surface area contributed by atoms with Gasteiger partial charge < -0.3 is 5.32 Å². The lowest BCUT2D eigenvalue weighted by atomic mass is 9.81. The molecule has 2 heteroatoms. The van der Waals surface area contributed by atoms with E-state index in [9.17, 15) is 0 Å². The predicted octanol–water partition coefficient (Wildman–Crippen LogP) is 3.81. The van der Waals surface area contributed by atoms with Crippen molar-refractivity contribution in [1.82, 2.24) is 5.32 Å². The third kappa shape index (κ3) is 3.58. The quantitative estimate of drug-likeness (QED) is 0.797. The van der Waals surface area contributed by atoms with Crippen LogP contribution in [0.2, 0.25) is 0 Å². The van der Waals surface area contributed by atoms with Crippen molar-refractivity contribution in [3.05, 3.63) is 35.9 Å². The standard InChI is InChI=1S/C16H22N2/c17-12-7-13-18-16(14-8-3-1-4-9-14)15-10-5-2-6-11-15/h1,3-4,8-9,15-16,18H,2,5-7,10-11,13H2. The topological polar surface area (TPSA) is 35.8 Å². The van der Waals surface area contributed by atoms with Gasteiger partial charge in [0.25, 0.3) is 0 Å².